The Hall–Kier alpha value is -2.28. The molecule has 2 aromatic rings. The zero-order valence-electron chi connectivity index (χ0n) is 15.8. The van der Waals surface area contributed by atoms with Gasteiger partial charge >= 0.3 is 0 Å². The fourth-order valence-electron chi connectivity index (χ4n) is 4.04. The zero-order valence-corrected chi connectivity index (χ0v) is 15.8. The third-order valence-electron chi connectivity index (χ3n) is 5.92. The largest absolute Gasteiger partial charge is 0.352 e. The van der Waals surface area contributed by atoms with Gasteiger partial charge in [-0.25, -0.2) is 4.39 Å². The van der Waals surface area contributed by atoms with Crippen LogP contribution >= 0.6 is 0 Å². The van der Waals surface area contributed by atoms with Gasteiger partial charge in [0.25, 0.3) is 0 Å². The first-order valence-electron chi connectivity index (χ1n) is 10.3. The van der Waals surface area contributed by atoms with Crippen LogP contribution in [-0.2, 0) is 4.79 Å². The lowest BCUT2D eigenvalue weighted by atomic mass is 9.93. The van der Waals surface area contributed by atoms with E-state index in [0.717, 1.165) is 62.3 Å². The summed E-state index contributed by atoms with van der Waals surface area (Å²) in [6.07, 6.45) is 6.29. The van der Waals surface area contributed by atoms with Gasteiger partial charge in [0.1, 0.15) is 11.9 Å². The Bertz CT molecular complexity index is 844. The molecule has 7 heteroatoms. The van der Waals surface area contributed by atoms with E-state index in [4.69, 9.17) is 4.52 Å². The van der Waals surface area contributed by atoms with Crippen molar-refractivity contribution in [3.63, 3.8) is 0 Å². The van der Waals surface area contributed by atoms with Crippen LogP contribution in [0.25, 0.3) is 0 Å². The van der Waals surface area contributed by atoms with Gasteiger partial charge in [0.2, 0.25) is 11.8 Å². The van der Waals surface area contributed by atoms with Crippen molar-refractivity contribution in [3.8, 4) is 0 Å². The molecule has 0 bridgehead atoms. The number of hydrogen-bond acceptors (Lipinski definition) is 5. The van der Waals surface area contributed by atoms with E-state index < -0.39 is 6.04 Å². The molecular formula is C21H25FN4O2. The molecule has 3 aliphatic rings. The minimum absolute atomic E-state index is 0.00143. The monoisotopic (exact) mass is 384 g/mol. The number of carbonyl (C=O) groups excluding carboxylic acids is 1. The summed E-state index contributed by atoms with van der Waals surface area (Å²) in [5.41, 5.74) is 0.826. The lowest BCUT2D eigenvalue weighted by molar-refractivity contribution is -0.127. The van der Waals surface area contributed by atoms with E-state index in [1.54, 1.807) is 12.1 Å². The van der Waals surface area contributed by atoms with Crippen LogP contribution in [0.2, 0.25) is 0 Å². The van der Waals surface area contributed by atoms with Crippen LogP contribution in [0.4, 0.5) is 4.39 Å². The maximum atomic E-state index is 13.4. The third kappa shape index (κ3) is 3.81. The second-order valence-electron chi connectivity index (χ2n) is 8.34. The van der Waals surface area contributed by atoms with E-state index in [1.807, 2.05) is 0 Å². The van der Waals surface area contributed by atoms with Crippen molar-refractivity contribution < 1.29 is 13.7 Å². The maximum absolute atomic E-state index is 13.4. The molecule has 1 aromatic carbocycles. The molecule has 2 saturated carbocycles. The quantitative estimate of drug-likeness (QED) is 0.828. The molecular weight excluding hydrogens is 359 g/mol. The number of nitrogens with one attached hydrogen (secondary N) is 1. The summed E-state index contributed by atoms with van der Waals surface area (Å²) in [7, 11) is 0. The molecule has 1 saturated heterocycles. The molecule has 148 valence electrons. The predicted molar refractivity (Wildman–Crippen MR) is 100 cm³/mol. The van der Waals surface area contributed by atoms with Crippen LogP contribution < -0.4 is 5.32 Å². The molecule has 2 heterocycles. The summed E-state index contributed by atoms with van der Waals surface area (Å²) in [5.74, 6) is 1.82. The van der Waals surface area contributed by atoms with Crippen LogP contribution in [-0.4, -0.2) is 40.1 Å². The van der Waals surface area contributed by atoms with Gasteiger partial charge in [0, 0.05) is 24.4 Å². The van der Waals surface area contributed by atoms with E-state index in [1.165, 1.54) is 12.1 Å². The number of benzene rings is 1. The Morgan fingerprint density at radius 1 is 1.14 bits per heavy atom. The molecule has 0 spiro atoms. The Morgan fingerprint density at radius 3 is 2.64 bits per heavy atom. The van der Waals surface area contributed by atoms with Gasteiger partial charge in [-0.3, -0.25) is 9.69 Å². The normalized spacial score (nSPS) is 24.1. The Morgan fingerprint density at radius 2 is 1.93 bits per heavy atom. The number of rotatable bonds is 6. The first-order chi connectivity index (χ1) is 13.7. The lowest BCUT2D eigenvalue weighted by Crippen LogP contribution is -2.45. The molecule has 5 rings (SSSR count). The number of nitrogens with zero attached hydrogens (tertiary/aromatic N) is 3. The number of hydrogen-bond donors (Lipinski definition) is 1. The molecule has 1 aromatic heterocycles. The molecule has 0 radical (unpaired) electrons. The highest BCUT2D eigenvalue weighted by Crippen LogP contribution is 2.40. The first kappa shape index (κ1) is 17.8. The first-order valence-corrected chi connectivity index (χ1v) is 10.3. The van der Waals surface area contributed by atoms with Crippen molar-refractivity contribution in [1.29, 1.82) is 0 Å². The predicted octanol–water partition coefficient (Wildman–Crippen LogP) is 3.29. The highest BCUT2D eigenvalue weighted by atomic mass is 19.1. The van der Waals surface area contributed by atoms with E-state index >= 15 is 0 Å². The van der Waals surface area contributed by atoms with Crippen molar-refractivity contribution in [2.24, 2.45) is 0 Å². The summed E-state index contributed by atoms with van der Waals surface area (Å²) in [5, 5.41) is 7.34. The number of halogens is 1. The van der Waals surface area contributed by atoms with E-state index in [2.05, 4.69) is 20.4 Å². The average Bonchev–Trinajstić information content (AvgIpc) is 3.64. The molecule has 1 aliphatic heterocycles. The third-order valence-corrected chi connectivity index (χ3v) is 5.92. The van der Waals surface area contributed by atoms with Crippen LogP contribution in [0.1, 0.15) is 73.7 Å². The standard InChI is InChI=1S/C21H25FN4O2/c22-16-7-5-13(6-8-16)18(20(27)23-17-9-10-17)26-11-1-2-15(12-26)19-24-21(28-25-19)14-3-4-14/h5-8,14-15,17-18H,1-4,9-12H2,(H,23,27). The zero-order chi connectivity index (χ0) is 19.1. The van der Waals surface area contributed by atoms with Gasteiger partial charge in [-0.15, -0.1) is 0 Å². The smallest absolute Gasteiger partial charge is 0.242 e. The molecule has 1 N–H and O–H groups in total. The maximum Gasteiger partial charge on any atom is 0.242 e. The van der Waals surface area contributed by atoms with E-state index in [-0.39, 0.29) is 23.7 Å². The van der Waals surface area contributed by atoms with Crippen LogP contribution in [0.3, 0.4) is 0 Å². The Balaban J connectivity index is 1.36. The highest BCUT2D eigenvalue weighted by molar-refractivity contribution is 5.83. The second-order valence-corrected chi connectivity index (χ2v) is 8.34. The van der Waals surface area contributed by atoms with Crippen LogP contribution in [0.15, 0.2) is 28.8 Å². The fraction of sp³-hybridized carbons (Fsp3) is 0.571. The molecule has 3 fully saturated rings. The SMILES string of the molecule is O=C(NC1CC1)C(c1ccc(F)cc1)N1CCCC(c2noc(C3CC3)n2)C1. The van der Waals surface area contributed by atoms with Gasteiger partial charge in [0.05, 0.1) is 0 Å². The number of piperidine rings is 1. The van der Waals surface area contributed by atoms with E-state index in [9.17, 15) is 9.18 Å². The molecule has 2 unspecified atom stereocenters. The molecule has 2 aliphatic carbocycles. The topological polar surface area (TPSA) is 71.3 Å². The molecule has 6 nitrogen and oxygen atoms in total. The van der Waals surface area contributed by atoms with E-state index in [0.29, 0.717) is 12.5 Å². The van der Waals surface area contributed by atoms with Gasteiger partial charge < -0.3 is 9.84 Å². The number of amides is 1. The summed E-state index contributed by atoms with van der Waals surface area (Å²) in [4.78, 5) is 19.8. The minimum atomic E-state index is -0.418. The number of likely N-dealkylation sites (tertiary alicyclic amines) is 1. The fourth-order valence-corrected chi connectivity index (χ4v) is 4.04. The average molecular weight is 384 g/mol. The van der Waals surface area contributed by atoms with Gasteiger partial charge in [-0.05, 0) is 62.8 Å². The van der Waals surface area contributed by atoms with Crippen LogP contribution in [0.5, 0.6) is 0 Å². The number of aromatic nitrogens is 2. The Labute approximate surface area is 163 Å². The summed E-state index contributed by atoms with van der Waals surface area (Å²) < 4.78 is 18.9. The van der Waals surface area contributed by atoms with Gasteiger partial charge in [0.15, 0.2) is 5.82 Å². The summed E-state index contributed by atoms with van der Waals surface area (Å²) >= 11 is 0. The highest BCUT2D eigenvalue weighted by Gasteiger charge is 2.37. The molecule has 28 heavy (non-hydrogen) atoms. The second kappa shape index (κ2) is 7.28. The van der Waals surface area contributed by atoms with Gasteiger partial charge in [-0.1, -0.05) is 17.3 Å². The van der Waals surface area contributed by atoms with Crippen molar-refractivity contribution in [2.45, 2.75) is 62.4 Å². The van der Waals surface area contributed by atoms with Crippen molar-refractivity contribution in [1.82, 2.24) is 20.4 Å². The lowest BCUT2D eigenvalue weighted by Gasteiger charge is -2.36. The van der Waals surface area contributed by atoms with Crippen molar-refractivity contribution in [3.05, 3.63) is 47.4 Å². The molecule has 1 amide bonds. The van der Waals surface area contributed by atoms with Crippen molar-refractivity contribution >= 4 is 5.91 Å². The van der Waals surface area contributed by atoms with Crippen LogP contribution in [0, 0.1) is 5.82 Å². The van der Waals surface area contributed by atoms with Gasteiger partial charge in [-0.2, -0.15) is 4.98 Å². The molecule has 2 atom stereocenters. The van der Waals surface area contributed by atoms with Crippen molar-refractivity contribution in [2.75, 3.05) is 13.1 Å². The summed E-state index contributed by atoms with van der Waals surface area (Å²) in [6.45, 7) is 1.52. The number of carbonyl (C=O) groups is 1. The Kier molecular flexibility index (Phi) is 4.62. The minimum Gasteiger partial charge on any atom is -0.352 e. The summed E-state index contributed by atoms with van der Waals surface area (Å²) in [6, 6.07) is 6.16.